The number of carbonyl (C=O) groups excluding carboxylic acids is 2. The number of anilines is 1. The average molecular weight is 600 g/mol. The van der Waals surface area contributed by atoms with Gasteiger partial charge in [-0.05, 0) is 30.5 Å². The molecule has 4 heterocycles. The fraction of sp³-hybridized carbons (Fsp3) is 0.571. The first-order chi connectivity index (χ1) is 18.0. The van der Waals surface area contributed by atoms with Crippen LogP contribution in [0.2, 0.25) is 0 Å². The van der Waals surface area contributed by atoms with Crippen LogP contribution in [-0.4, -0.2) is 83.2 Å². The van der Waals surface area contributed by atoms with Crippen LogP contribution in [0.25, 0.3) is 0 Å². The zero-order chi connectivity index (χ0) is 27.2. The molecule has 3 aliphatic rings. The minimum absolute atomic E-state index is 0. The lowest BCUT2D eigenvalue weighted by atomic mass is 9.91. The largest absolute Gasteiger partial charge is 0.341 e. The minimum Gasteiger partial charge on any atom is -0.341 e. The van der Waals surface area contributed by atoms with Crippen LogP contribution < -0.4 is 10.2 Å². The standard InChI is InChI=1S/C28H36F2N6O2.2ClH/c1-17-7-25(37)35(12-17)14-22-11-31-18(2)13-34(22)15-26(38)36-16-28(3,4)27-24(36)10-21(32-33-27)8-19-5-6-20(29)9-23(19)30;;/h5-6,9-10,17-18,22,31H,7-8,11-16H2,1-4H3;2*1H/t17-,18+,22+;;/m0../s1. The van der Waals surface area contributed by atoms with E-state index < -0.39 is 11.6 Å². The molecule has 0 saturated carbocycles. The molecular weight excluding hydrogens is 561 g/mol. The molecule has 1 N–H and O–H groups in total. The van der Waals surface area contributed by atoms with E-state index in [0.717, 1.165) is 18.3 Å². The maximum absolute atomic E-state index is 14.3. The number of rotatable bonds is 6. The van der Waals surface area contributed by atoms with Gasteiger partial charge in [-0.15, -0.1) is 24.8 Å². The summed E-state index contributed by atoms with van der Waals surface area (Å²) in [4.78, 5) is 32.1. The van der Waals surface area contributed by atoms with E-state index in [4.69, 9.17) is 0 Å². The molecule has 0 bridgehead atoms. The van der Waals surface area contributed by atoms with Crippen LogP contribution in [0.4, 0.5) is 14.5 Å². The lowest BCUT2D eigenvalue weighted by Crippen LogP contribution is -2.61. The van der Waals surface area contributed by atoms with E-state index in [1.807, 2.05) is 18.7 Å². The van der Waals surface area contributed by atoms with Gasteiger partial charge in [0.1, 0.15) is 11.6 Å². The molecule has 1 aromatic heterocycles. The van der Waals surface area contributed by atoms with Crippen molar-refractivity contribution < 1.29 is 18.4 Å². The number of nitrogens with one attached hydrogen (secondary N) is 1. The van der Waals surface area contributed by atoms with Crippen LogP contribution in [0.3, 0.4) is 0 Å². The van der Waals surface area contributed by atoms with E-state index >= 15 is 0 Å². The smallest absolute Gasteiger partial charge is 0.241 e. The van der Waals surface area contributed by atoms with Crippen molar-refractivity contribution in [1.82, 2.24) is 25.3 Å². The van der Waals surface area contributed by atoms with Gasteiger partial charge in [0.25, 0.3) is 0 Å². The number of carbonyl (C=O) groups is 2. The fourth-order valence-corrected chi connectivity index (χ4v) is 5.90. The van der Waals surface area contributed by atoms with Crippen molar-refractivity contribution in [3.8, 4) is 0 Å². The number of benzene rings is 1. The van der Waals surface area contributed by atoms with Gasteiger partial charge in [-0.3, -0.25) is 14.5 Å². The summed E-state index contributed by atoms with van der Waals surface area (Å²) in [6.45, 7) is 11.7. The molecule has 0 radical (unpaired) electrons. The third-order valence-corrected chi connectivity index (χ3v) is 7.90. The molecule has 220 valence electrons. The molecule has 2 amide bonds. The number of likely N-dealkylation sites (tertiary alicyclic amines) is 1. The number of hydrogen-bond acceptors (Lipinski definition) is 6. The molecule has 5 rings (SSSR count). The molecule has 0 aliphatic carbocycles. The highest BCUT2D eigenvalue weighted by Gasteiger charge is 2.41. The molecule has 3 aliphatic heterocycles. The molecule has 8 nitrogen and oxygen atoms in total. The van der Waals surface area contributed by atoms with Gasteiger partial charge in [0.05, 0.1) is 23.6 Å². The summed E-state index contributed by atoms with van der Waals surface area (Å²) in [5.41, 5.74) is 1.87. The van der Waals surface area contributed by atoms with E-state index in [2.05, 4.69) is 34.3 Å². The van der Waals surface area contributed by atoms with Crippen molar-refractivity contribution in [1.29, 1.82) is 0 Å². The van der Waals surface area contributed by atoms with Crippen molar-refractivity contribution in [3.63, 3.8) is 0 Å². The normalized spacial score (nSPS) is 23.9. The van der Waals surface area contributed by atoms with Gasteiger partial charge in [0, 0.05) is 69.1 Å². The Labute approximate surface area is 246 Å². The number of piperazine rings is 1. The zero-order valence-electron chi connectivity index (χ0n) is 23.3. The van der Waals surface area contributed by atoms with Crippen LogP contribution in [0.5, 0.6) is 0 Å². The molecule has 2 fully saturated rings. The molecule has 2 saturated heterocycles. The number of nitrogens with zero attached hydrogens (tertiary/aromatic N) is 5. The van der Waals surface area contributed by atoms with Crippen LogP contribution >= 0.6 is 24.8 Å². The van der Waals surface area contributed by atoms with Gasteiger partial charge in [0.15, 0.2) is 0 Å². The first-order valence-electron chi connectivity index (χ1n) is 13.4. The minimum atomic E-state index is -0.634. The Balaban J connectivity index is 0.00000220. The predicted molar refractivity (Wildman–Crippen MR) is 154 cm³/mol. The first kappa shape index (κ1) is 32.1. The molecule has 0 unspecified atom stereocenters. The lowest BCUT2D eigenvalue weighted by molar-refractivity contribution is -0.128. The third-order valence-electron chi connectivity index (χ3n) is 7.90. The topological polar surface area (TPSA) is 81.7 Å². The summed E-state index contributed by atoms with van der Waals surface area (Å²) < 4.78 is 27.6. The second-order valence-electron chi connectivity index (χ2n) is 11.8. The molecule has 1 aromatic carbocycles. The van der Waals surface area contributed by atoms with Gasteiger partial charge >= 0.3 is 0 Å². The van der Waals surface area contributed by atoms with Gasteiger partial charge < -0.3 is 15.1 Å². The van der Waals surface area contributed by atoms with Crippen molar-refractivity contribution in [2.75, 3.05) is 44.2 Å². The van der Waals surface area contributed by atoms with Gasteiger partial charge in [0.2, 0.25) is 11.8 Å². The van der Waals surface area contributed by atoms with E-state index in [1.165, 1.54) is 12.1 Å². The summed E-state index contributed by atoms with van der Waals surface area (Å²) in [6.07, 6.45) is 0.731. The zero-order valence-corrected chi connectivity index (χ0v) is 25.0. The van der Waals surface area contributed by atoms with E-state index in [-0.39, 0.29) is 67.1 Å². The Bertz CT molecular complexity index is 1250. The van der Waals surface area contributed by atoms with Crippen molar-refractivity contribution >= 4 is 42.3 Å². The summed E-state index contributed by atoms with van der Waals surface area (Å²) in [5, 5.41) is 12.2. The fourth-order valence-electron chi connectivity index (χ4n) is 5.90. The molecular formula is C28H38Cl2F2N6O2. The summed E-state index contributed by atoms with van der Waals surface area (Å²) in [7, 11) is 0. The number of amides is 2. The van der Waals surface area contributed by atoms with E-state index in [0.29, 0.717) is 55.5 Å². The second kappa shape index (κ2) is 12.6. The molecule has 3 atom stereocenters. The molecule has 40 heavy (non-hydrogen) atoms. The Hall–Kier alpha value is -2.40. The quantitative estimate of drug-likeness (QED) is 0.549. The number of halogens is 4. The molecule has 0 spiro atoms. The SMILES string of the molecule is C[C@H]1CC(=O)N(C[C@H]2CN[C@H](C)CN2CC(=O)N2CC(C)(C)c3nnc(Cc4ccc(F)cc4F)cc32)C1.Cl.Cl. The predicted octanol–water partition coefficient (Wildman–Crippen LogP) is 3.34. The highest BCUT2D eigenvalue weighted by Crippen LogP contribution is 2.39. The highest BCUT2D eigenvalue weighted by molar-refractivity contribution is 5.97. The summed E-state index contributed by atoms with van der Waals surface area (Å²) in [5.74, 6) is -0.764. The van der Waals surface area contributed by atoms with Crippen molar-refractivity contribution in [2.24, 2.45) is 5.92 Å². The second-order valence-corrected chi connectivity index (χ2v) is 11.8. The number of fused-ring (bicyclic) bond motifs is 1. The summed E-state index contributed by atoms with van der Waals surface area (Å²) >= 11 is 0. The monoisotopic (exact) mass is 598 g/mol. The van der Waals surface area contributed by atoms with E-state index in [9.17, 15) is 18.4 Å². The maximum atomic E-state index is 14.3. The van der Waals surface area contributed by atoms with Crippen molar-refractivity contribution in [2.45, 2.75) is 58.0 Å². The summed E-state index contributed by atoms with van der Waals surface area (Å²) in [6, 6.07) is 5.57. The van der Waals surface area contributed by atoms with Crippen LogP contribution in [0.15, 0.2) is 24.3 Å². The highest BCUT2D eigenvalue weighted by atomic mass is 35.5. The Morgan fingerprint density at radius 2 is 1.88 bits per heavy atom. The Kier molecular flexibility index (Phi) is 10.1. The van der Waals surface area contributed by atoms with E-state index in [1.54, 1.807) is 11.0 Å². The number of hydrogen-bond donors (Lipinski definition) is 1. The number of aromatic nitrogens is 2. The maximum Gasteiger partial charge on any atom is 0.241 e. The first-order valence-corrected chi connectivity index (χ1v) is 13.4. The third kappa shape index (κ3) is 6.73. The Morgan fingerprint density at radius 3 is 2.55 bits per heavy atom. The van der Waals surface area contributed by atoms with Gasteiger partial charge in [-0.25, -0.2) is 8.78 Å². The van der Waals surface area contributed by atoms with Crippen molar-refractivity contribution in [3.05, 3.63) is 52.9 Å². The average Bonchev–Trinajstić information content (AvgIpc) is 3.31. The van der Waals surface area contributed by atoms with Gasteiger partial charge in [-0.1, -0.05) is 26.8 Å². The molecule has 12 heteroatoms. The van der Waals surface area contributed by atoms with Crippen LogP contribution in [0.1, 0.15) is 51.1 Å². The van der Waals surface area contributed by atoms with Crippen LogP contribution in [-0.2, 0) is 21.4 Å². The Morgan fingerprint density at radius 1 is 1.12 bits per heavy atom. The van der Waals surface area contributed by atoms with Gasteiger partial charge in [-0.2, -0.15) is 10.2 Å². The lowest BCUT2D eigenvalue weighted by Gasteiger charge is -2.41. The van der Waals surface area contributed by atoms with Crippen LogP contribution in [0, 0.1) is 17.6 Å². The molecule has 2 aromatic rings.